The van der Waals surface area contributed by atoms with Gasteiger partial charge in [-0.3, -0.25) is 33.6 Å². The predicted molar refractivity (Wildman–Crippen MR) is 223 cm³/mol. The van der Waals surface area contributed by atoms with Gasteiger partial charge in [0, 0.05) is 6.42 Å². The van der Waals surface area contributed by atoms with Crippen LogP contribution in [-0.2, 0) is 40.0 Å². The van der Waals surface area contributed by atoms with E-state index in [9.17, 15) is 33.6 Å². The summed E-state index contributed by atoms with van der Waals surface area (Å²) in [6.07, 6.45) is 6.94. The van der Waals surface area contributed by atoms with Crippen LogP contribution in [0.2, 0.25) is 0 Å². The van der Waals surface area contributed by atoms with E-state index in [1.54, 1.807) is 24.3 Å². The second kappa shape index (κ2) is 29.9. The third kappa shape index (κ3) is 21.2. The zero-order chi connectivity index (χ0) is 42.6. The van der Waals surface area contributed by atoms with Crippen LogP contribution in [0.3, 0.4) is 0 Å². The zero-order valence-electron chi connectivity index (χ0n) is 33.9. The summed E-state index contributed by atoms with van der Waals surface area (Å²) >= 11 is 1.51. The molecule has 0 radical (unpaired) electrons. The summed E-state index contributed by atoms with van der Waals surface area (Å²) in [5.41, 5.74) is 23.3. The van der Waals surface area contributed by atoms with Crippen LogP contribution < -0.4 is 54.8 Å². The van der Waals surface area contributed by atoms with Crippen molar-refractivity contribution in [3.8, 4) is 0 Å². The standard InChI is InChI=1S/C39H68N10O7S/c1-26(2)23-32(48-35(52)29(44-25-50)18-22-57-3)38(55)49-33(24-27-13-5-4-6-14-27)39(56)47-31(17-9-12-21-42)37(54)46-30(16-8-11-20-41)36(53)45-28(34(43)51)15-7-10-19-40/h4-6,13-14,25-26,28-33H,7-12,15-24,40-42H2,1-3H3,(H2,43,51)(H,44,50)(H,45,53)(H,46,54)(H,47,56)(H,48,52)(H,49,55)/t28-,29-,30-,31-,32-,33-/m0/s1. The second-order valence-corrected chi connectivity index (χ2v) is 15.5. The quantitative estimate of drug-likeness (QED) is 0.0325. The van der Waals surface area contributed by atoms with Gasteiger partial charge in [-0.25, -0.2) is 0 Å². The zero-order valence-corrected chi connectivity index (χ0v) is 34.7. The molecule has 0 fully saturated rings. The summed E-state index contributed by atoms with van der Waals surface area (Å²) in [5, 5.41) is 16.3. The van der Waals surface area contributed by atoms with Crippen molar-refractivity contribution in [3.63, 3.8) is 0 Å². The summed E-state index contributed by atoms with van der Waals surface area (Å²) < 4.78 is 0. The molecule has 57 heavy (non-hydrogen) atoms. The van der Waals surface area contributed by atoms with Gasteiger partial charge in [-0.15, -0.1) is 0 Å². The van der Waals surface area contributed by atoms with E-state index in [0.717, 1.165) is 5.56 Å². The normalized spacial score (nSPS) is 14.2. The highest BCUT2D eigenvalue weighted by molar-refractivity contribution is 7.98. The first-order chi connectivity index (χ1) is 27.3. The van der Waals surface area contributed by atoms with Crippen molar-refractivity contribution < 1.29 is 33.6 Å². The Labute approximate surface area is 341 Å². The van der Waals surface area contributed by atoms with Gasteiger partial charge in [0.25, 0.3) is 0 Å². The number of carbonyl (C=O) groups is 7. The van der Waals surface area contributed by atoms with E-state index >= 15 is 0 Å². The van der Waals surface area contributed by atoms with Crippen molar-refractivity contribution >= 4 is 53.6 Å². The molecule has 0 aliphatic heterocycles. The molecule has 0 bridgehead atoms. The summed E-state index contributed by atoms with van der Waals surface area (Å²) in [7, 11) is 0. The highest BCUT2D eigenvalue weighted by Gasteiger charge is 2.33. The Morgan fingerprint density at radius 2 is 1.02 bits per heavy atom. The molecule has 18 heteroatoms. The molecule has 0 unspecified atom stereocenters. The van der Waals surface area contributed by atoms with E-state index in [0.29, 0.717) is 76.7 Å². The maximum atomic E-state index is 14.2. The number of nitrogens with two attached hydrogens (primary N) is 4. The van der Waals surface area contributed by atoms with Crippen molar-refractivity contribution in [3.05, 3.63) is 35.9 Å². The van der Waals surface area contributed by atoms with Crippen LogP contribution in [0.5, 0.6) is 0 Å². The SMILES string of the molecule is CSCC[C@H](NC=O)C(=O)N[C@@H](CC(C)C)C(=O)N[C@@H](Cc1ccccc1)C(=O)N[C@@H](CCCCN)C(=O)N[C@@H](CCCCN)C(=O)N[C@@H](CCCCN)C(N)=O. The number of primary amides is 1. The van der Waals surface area contributed by atoms with Crippen LogP contribution >= 0.6 is 11.8 Å². The third-order valence-corrected chi connectivity index (χ3v) is 9.86. The molecular weight excluding hydrogens is 753 g/mol. The molecule has 0 aliphatic carbocycles. The molecule has 322 valence electrons. The largest absolute Gasteiger partial charge is 0.368 e. The molecule has 0 saturated carbocycles. The van der Waals surface area contributed by atoms with Crippen LogP contribution in [-0.4, -0.2) is 110 Å². The number of hydrogen-bond acceptors (Lipinski definition) is 11. The maximum absolute atomic E-state index is 14.2. The fourth-order valence-corrected chi connectivity index (χ4v) is 6.50. The van der Waals surface area contributed by atoms with Crippen molar-refractivity contribution in [2.24, 2.45) is 28.9 Å². The fraction of sp³-hybridized carbons (Fsp3) is 0.667. The monoisotopic (exact) mass is 820 g/mol. The van der Waals surface area contributed by atoms with Gasteiger partial charge in [-0.05, 0) is 114 Å². The fourth-order valence-electron chi connectivity index (χ4n) is 6.03. The van der Waals surface area contributed by atoms with Gasteiger partial charge in [0.15, 0.2) is 0 Å². The highest BCUT2D eigenvalue weighted by atomic mass is 32.2. The Balaban J connectivity index is 3.41. The average Bonchev–Trinajstić information content (AvgIpc) is 3.17. The van der Waals surface area contributed by atoms with Gasteiger partial charge < -0.3 is 54.8 Å². The average molecular weight is 821 g/mol. The molecule has 1 aromatic carbocycles. The summed E-state index contributed by atoms with van der Waals surface area (Å²) in [5.74, 6) is -3.18. The molecule has 14 N–H and O–H groups in total. The van der Waals surface area contributed by atoms with E-state index < -0.39 is 71.7 Å². The minimum atomic E-state index is -1.18. The first-order valence-electron chi connectivity index (χ1n) is 20.0. The summed E-state index contributed by atoms with van der Waals surface area (Å²) in [6, 6.07) is 2.77. The number of thioether (sulfide) groups is 1. The van der Waals surface area contributed by atoms with Gasteiger partial charge in [0.1, 0.15) is 36.3 Å². The maximum Gasteiger partial charge on any atom is 0.243 e. The minimum Gasteiger partial charge on any atom is -0.368 e. The first kappa shape index (κ1) is 50.8. The Kier molecular flexibility index (Phi) is 26.6. The number of hydrogen-bond donors (Lipinski definition) is 10. The molecule has 0 aliphatic rings. The van der Waals surface area contributed by atoms with E-state index in [-0.39, 0.29) is 38.0 Å². The number of rotatable bonds is 32. The molecule has 0 saturated heterocycles. The first-order valence-corrected chi connectivity index (χ1v) is 21.3. The lowest BCUT2D eigenvalue weighted by Crippen LogP contribution is -2.60. The van der Waals surface area contributed by atoms with E-state index in [2.05, 4.69) is 31.9 Å². The lowest BCUT2D eigenvalue weighted by Gasteiger charge is -2.28. The molecule has 0 spiro atoms. The Morgan fingerprint density at radius 1 is 0.596 bits per heavy atom. The molecule has 17 nitrogen and oxygen atoms in total. The minimum absolute atomic E-state index is 0.0269. The highest BCUT2D eigenvalue weighted by Crippen LogP contribution is 2.12. The molecule has 1 aromatic rings. The second-order valence-electron chi connectivity index (χ2n) is 14.5. The predicted octanol–water partition coefficient (Wildman–Crippen LogP) is -0.561. The number of unbranched alkanes of at least 4 members (excludes halogenated alkanes) is 3. The van der Waals surface area contributed by atoms with Gasteiger partial charge in [-0.1, -0.05) is 44.2 Å². The summed E-state index contributed by atoms with van der Waals surface area (Å²) in [4.78, 5) is 92.2. The van der Waals surface area contributed by atoms with Crippen molar-refractivity contribution in [2.45, 2.75) is 127 Å². The molecule has 6 atom stereocenters. The summed E-state index contributed by atoms with van der Waals surface area (Å²) in [6.45, 7) is 4.91. The third-order valence-electron chi connectivity index (χ3n) is 9.22. The number of carbonyl (C=O) groups excluding carboxylic acids is 7. The van der Waals surface area contributed by atoms with Gasteiger partial charge in [-0.2, -0.15) is 11.8 Å². The number of nitrogens with one attached hydrogen (secondary N) is 6. The number of amides is 7. The van der Waals surface area contributed by atoms with E-state index in [1.165, 1.54) is 11.8 Å². The molecule has 1 rings (SSSR count). The van der Waals surface area contributed by atoms with Crippen molar-refractivity contribution in [2.75, 3.05) is 31.6 Å². The Morgan fingerprint density at radius 3 is 1.47 bits per heavy atom. The Hall–Kier alpha value is -4.26. The van der Waals surface area contributed by atoms with Crippen molar-refractivity contribution in [1.82, 2.24) is 31.9 Å². The van der Waals surface area contributed by atoms with Crippen LogP contribution in [0.15, 0.2) is 30.3 Å². The Bertz CT molecular complexity index is 1370. The van der Waals surface area contributed by atoms with Gasteiger partial charge >= 0.3 is 0 Å². The molecular formula is C39H68N10O7S. The topological polar surface area (TPSA) is 296 Å². The van der Waals surface area contributed by atoms with Gasteiger partial charge in [0.2, 0.25) is 41.9 Å². The smallest absolute Gasteiger partial charge is 0.243 e. The van der Waals surface area contributed by atoms with E-state index in [4.69, 9.17) is 22.9 Å². The molecule has 0 aromatic heterocycles. The molecule has 0 heterocycles. The van der Waals surface area contributed by atoms with E-state index in [1.807, 2.05) is 26.2 Å². The van der Waals surface area contributed by atoms with Crippen LogP contribution in [0.1, 0.15) is 90.0 Å². The lowest BCUT2D eigenvalue weighted by molar-refractivity contribution is -0.135. The van der Waals surface area contributed by atoms with Crippen LogP contribution in [0.4, 0.5) is 0 Å². The molecule has 7 amide bonds. The van der Waals surface area contributed by atoms with Crippen LogP contribution in [0, 0.1) is 5.92 Å². The number of benzene rings is 1. The lowest BCUT2D eigenvalue weighted by atomic mass is 10.00. The van der Waals surface area contributed by atoms with Crippen LogP contribution in [0.25, 0.3) is 0 Å². The van der Waals surface area contributed by atoms with Gasteiger partial charge in [0.05, 0.1) is 0 Å². The van der Waals surface area contributed by atoms with Crippen molar-refractivity contribution in [1.29, 1.82) is 0 Å².